The van der Waals surface area contributed by atoms with Gasteiger partial charge in [-0.25, -0.2) is 4.98 Å². The highest BCUT2D eigenvalue weighted by Gasteiger charge is 2.11. The summed E-state index contributed by atoms with van der Waals surface area (Å²) in [5.41, 5.74) is 3.32. The third kappa shape index (κ3) is 4.57. The van der Waals surface area contributed by atoms with Crippen LogP contribution in [0, 0.1) is 19.8 Å². The van der Waals surface area contributed by atoms with Gasteiger partial charge < -0.3 is 10.1 Å². The van der Waals surface area contributed by atoms with Crippen molar-refractivity contribution >= 4 is 0 Å². The van der Waals surface area contributed by atoms with Crippen LogP contribution in [0.15, 0.2) is 36.4 Å². The molecule has 0 saturated heterocycles. The molecule has 0 unspecified atom stereocenters. The first-order valence-electron chi connectivity index (χ1n) is 7.47. The van der Waals surface area contributed by atoms with Gasteiger partial charge in [-0.3, -0.25) is 0 Å². The lowest BCUT2D eigenvalue weighted by Crippen LogP contribution is -2.20. The molecule has 112 valence electrons. The molecule has 2 aromatic rings. The fourth-order valence-electron chi connectivity index (χ4n) is 2.21. The van der Waals surface area contributed by atoms with E-state index in [0.717, 1.165) is 30.1 Å². The fraction of sp³-hybridized carbons (Fsp3) is 0.389. The Morgan fingerprint density at radius 3 is 2.52 bits per heavy atom. The standard InChI is InChI=1S/C18H24N2O/c1-13(2)11-19-12-17-14(3)10-15(4)20-18(17)21-16-8-6-5-7-9-16/h5-10,13,19H,11-12H2,1-4H3. The van der Waals surface area contributed by atoms with E-state index in [1.54, 1.807) is 0 Å². The first kappa shape index (κ1) is 15.5. The zero-order chi connectivity index (χ0) is 15.2. The highest BCUT2D eigenvalue weighted by atomic mass is 16.5. The van der Waals surface area contributed by atoms with E-state index in [4.69, 9.17) is 4.74 Å². The Morgan fingerprint density at radius 2 is 1.86 bits per heavy atom. The van der Waals surface area contributed by atoms with Crippen LogP contribution in [0.5, 0.6) is 11.6 Å². The molecule has 1 aromatic carbocycles. The number of para-hydroxylation sites is 1. The van der Waals surface area contributed by atoms with E-state index < -0.39 is 0 Å². The van der Waals surface area contributed by atoms with Gasteiger partial charge in [0.25, 0.3) is 0 Å². The summed E-state index contributed by atoms with van der Waals surface area (Å²) in [5.74, 6) is 2.15. The zero-order valence-corrected chi connectivity index (χ0v) is 13.3. The van der Waals surface area contributed by atoms with Crippen LogP contribution in [0.2, 0.25) is 0 Å². The summed E-state index contributed by atoms with van der Waals surface area (Å²) in [6.07, 6.45) is 0. The van der Waals surface area contributed by atoms with Crippen molar-refractivity contribution in [3.05, 3.63) is 53.2 Å². The molecule has 21 heavy (non-hydrogen) atoms. The summed E-state index contributed by atoms with van der Waals surface area (Å²) < 4.78 is 5.98. The summed E-state index contributed by atoms with van der Waals surface area (Å²) in [6.45, 7) is 10.3. The van der Waals surface area contributed by atoms with Gasteiger partial charge >= 0.3 is 0 Å². The number of ether oxygens (including phenoxy) is 1. The lowest BCUT2D eigenvalue weighted by atomic mass is 10.1. The molecule has 0 aliphatic rings. The van der Waals surface area contributed by atoms with Gasteiger partial charge in [-0.15, -0.1) is 0 Å². The maximum atomic E-state index is 5.98. The fourth-order valence-corrected chi connectivity index (χ4v) is 2.21. The molecule has 0 saturated carbocycles. The molecule has 3 nitrogen and oxygen atoms in total. The van der Waals surface area contributed by atoms with Crippen LogP contribution in [0.1, 0.15) is 30.7 Å². The Morgan fingerprint density at radius 1 is 1.14 bits per heavy atom. The molecule has 0 atom stereocenters. The number of nitrogens with one attached hydrogen (secondary N) is 1. The lowest BCUT2D eigenvalue weighted by molar-refractivity contribution is 0.448. The summed E-state index contributed by atoms with van der Waals surface area (Å²) >= 11 is 0. The van der Waals surface area contributed by atoms with E-state index in [1.165, 1.54) is 5.56 Å². The van der Waals surface area contributed by atoms with Crippen molar-refractivity contribution in [3.63, 3.8) is 0 Å². The van der Waals surface area contributed by atoms with Gasteiger partial charge in [-0.2, -0.15) is 0 Å². The molecule has 3 heteroatoms. The normalized spacial score (nSPS) is 10.9. The topological polar surface area (TPSA) is 34.1 Å². The number of rotatable bonds is 6. The average molecular weight is 284 g/mol. The third-order valence-electron chi connectivity index (χ3n) is 3.25. The second-order valence-corrected chi connectivity index (χ2v) is 5.80. The van der Waals surface area contributed by atoms with Gasteiger partial charge in [0, 0.05) is 17.8 Å². The molecule has 0 aliphatic carbocycles. The number of hydrogen-bond acceptors (Lipinski definition) is 3. The van der Waals surface area contributed by atoms with Gasteiger partial charge in [0.15, 0.2) is 0 Å². The molecule has 0 amide bonds. The van der Waals surface area contributed by atoms with Crippen LogP contribution in [0.3, 0.4) is 0 Å². The van der Waals surface area contributed by atoms with Crippen LogP contribution < -0.4 is 10.1 Å². The van der Waals surface area contributed by atoms with Crippen molar-refractivity contribution in [2.24, 2.45) is 5.92 Å². The monoisotopic (exact) mass is 284 g/mol. The van der Waals surface area contributed by atoms with E-state index in [-0.39, 0.29) is 0 Å². The number of nitrogens with zero attached hydrogens (tertiary/aromatic N) is 1. The summed E-state index contributed by atoms with van der Waals surface area (Å²) in [5, 5.41) is 3.47. The van der Waals surface area contributed by atoms with Gasteiger partial charge in [0.1, 0.15) is 5.75 Å². The number of hydrogen-bond donors (Lipinski definition) is 1. The predicted octanol–water partition coefficient (Wildman–Crippen LogP) is 4.24. The second-order valence-electron chi connectivity index (χ2n) is 5.80. The van der Waals surface area contributed by atoms with Gasteiger partial charge in [-0.1, -0.05) is 32.0 Å². The van der Waals surface area contributed by atoms with E-state index in [0.29, 0.717) is 11.8 Å². The molecule has 0 radical (unpaired) electrons. The van der Waals surface area contributed by atoms with Crippen LogP contribution in [-0.2, 0) is 6.54 Å². The van der Waals surface area contributed by atoms with E-state index in [2.05, 4.69) is 37.1 Å². The molecular weight excluding hydrogens is 260 g/mol. The smallest absolute Gasteiger partial charge is 0.224 e. The predicted molar refractivity (Wildman–Crippen MR) is 86.8 cm³/mol. The molecular formula is C18H24N2O. The SMILES string of the molecule is Cc1cc(C)c(CNCC(C)C)c(Oc2ccccc2)n1. The van der Waals surface area contributed by atoms with E-state index in [9.17, 15) is 0 Å². The van der Waals surface area contributed by atoms with Gasteiger partial charge in [0.2, 0.25) is 5.88 Å². The van der Waals surface area contributed by atoms with Crippen LogP contribution >= 0.6 is 0 Å². The zero-order valence-electron chi connectivity index (χ0n) is 13.3. The maximum absolute atomic E-state index is 5.98. The number of aryl methyl sites for hydroxylation is 2. The Labute approximate surface area is 127 Å². The van der Waals surface area contributed by atoms with Crippen molar-refractivity contribution in [3.8, 4) is 11.6 Å². The van der Waals surface area contributed by atoms with E-state index >= 15 is 0 Å². The minimum absolute atomic E-state index is 0.627. The number of aromatic nitrogens is 1. The molecule has 1 N–H and O–H groups in total. The summed E-state index contributed by atoms with van der Waals surface area (Å²) in [7, 11) is 0. The summed E-state index contributed by atoms with van der Waals surface area (Å²) in [6, 6.07) is 11.9. The summed E-state index contributed by atoms with van der Waals surface area (Å²) in [4.78, 5) is 4.56. The molecule has 0 bridgehead atoms. The van der Waals surface area contributed by atoms with Crippen LogP contribution in [-0.4, -0.2) is 11.5 Å². The third-order valence-corrected chi connectivity index (χ3v) is 3.25. The van der Waals surface area contributed by atoms with Gasteiger partial charge in [-0.05, 0) is 50.1 Å². The van der Waals surface area contributed by atoms with Crippen molar-refractivity contribution in [1.29, 1.82) is 0 Å². The van der Waals surface area contributed by atoms with Crippen molar-refractivity contribution < 1.29 is 4.74 Å². The largest absolute Gasteiger partial charge is 0.439 e. The van der Waals surface area contributed by atoms with Crippen molar-refractivity contribution in [2.45, 2.75) is 34.2 Å². The Kier molecular flexibility index (Phi) is 5.34. The molecule has 0 aliphatic heterocycles. The highest BCUT2D eigenvalue weighted by Crippen LogP contribution is 2.26. The first-order valence-corrected chi connectivity index (χ1v) is 7.47. The van der Waals surface area contributed by atoms with Crippen molar-refractivity contribution in [2.75, 3.05) is 6.54 Å². The first-order chi connectivity index (χ1) is 10.1. The highest BCUT2D eigenvalue weighted by molar-refractivity contribution is 5.38. The Balaban J connectivity index is 2.21. The minimum Gasteiger partial charge on any atom is -0.439 e. The maximum Gasteiger partial charge on any atom is 0.224 e. The molecule has 0 spiro atoms. The van der Waals surface area contributed by atoms with Crippen LogP contribution in [0.4, 0.5) is 0 Å². The lowest BCUT2D eigenvalue weighted by Gasteiger charge is -2.15. The number of pyridine rings is 1. The molecule has 1 heterocycles. The van der Waals surface area contributed by atoms with Crippen LogP contribution in [0.25, 0.3) is 0 Å². The number of benzene rings is 1. The molecule has 2 rings (SSSR count). The quantitative estimate of drug-likeness (QED) is 0.861. The minimum atomic E-state index is 0.627. The van der Waals surface area contributed by atoms with Crippen molar-refractivity contribution in [1.82, 2.24) is 10.3 Å². The Hall–Kier alpha value is -1.87. The van der Waals surface area contributed by atoms with E-state index in [1.807, 2.05) is 37.3 Å². The van der Waals surface area contributed by atoms with Gasteiger partial charge in [0.05, 0.1) is 0 Å². The molecule has 0 fully saturated rings. The second kappa shape index (κ2) is 7.23. The Bertz CT molecular complexity index is 579. The molecule has 1 aromatic heterocycles. The average Bonchev–Trinajstić information content (AvgIpc) is 2.42.